The van der Waals surface area contributed by atoms with Crippen molar-refractivity contribution in [1.82, 2.24) is 25.3 Å². The van der Waals surface area contributed by atoms with E-state index in [0.29, 0.717) is 34.4 Å². The minimum atomic E-state index is -0.111. The van der Waals surface area contributed by atoms with Crippen LogP contribution in [0.5, 0.6) is 0 Å². The van der Waals surface area contributed by atoms with Gasteiger partial charge in [0.2, 0.25) is 0 Å². The molecule has 8 heteroatoms. The number of nitrogens with one attached hydrogen (secondary N) is 1. The number of carbonyl (C=O) groups is 1. The summed E-state index contributed by atoms with van der Waals surface area (Å²) in [5.41, 5.74) is 5.69. The van der Waals surface area contributed by atoms with E-state index < -0.39 is 0 Å². The number of benzene rings is 1. The Balaban J connectivity index is 1.74. The fraction of sp³-hybridized carbons (Fsp3) is 0.455. The second kappa shape index (κ2) is 9.49. The first-order valence-corrected chi connectivity index (χ1v) is 11.0. The Labute approximate surface area is 181 Å². The maximum Gasteiger partial charge on any atom is 0.263 e. The molecular weight excluding hydrogens is 398 g/mol. The van der Waals surface area contributed by atoms with Crippen molar-refractivity contribution in [3.63, 3.8) is 0 Å². The summed E-state index contributed by atoms with van der Waals surface area (Å²) in [6.45, 7) is 13.2. The predicted octanol–water partition coefficient (Wildman–Crippen LogP) is 4.17. The number of aromatic nitrogens is 4. The molecule has 0 fully saturated rings. The maximum absolute atomic E-state index is 12.6. The smallest absolute Gasteiger partial charge is 0.263 e. The summed E-state index contributed by atoms with van der Waals surface area (Å²) in [5, 5.41) is 12.3. The minimum Gasteiger partial charge on any atom is -0.379 e. The third-order valence-corrected chi connectivity index (χ3v) is 6.06. The number of aryl methyl sites for hydroxylation is 3. The molecule has 0 atom stereocenters. The Morgan fingerprint density at radius 2 is 1.97 bits per heavy atom. The molecule has 0 aliphatic carbocycles. The van der Waals surface area contributed by atoms with Gasteiger partial charge in [0.25, 0.3) is 5.91 Å². The van der Waals surface area contributed by atoms with Gasteiger partial charge in [-0.15, -0.1) is 16.4 Å². The van der Waals surface area contributed by atoms with E-state index >= 15 is 0 Å². The van der Waals surface area contributed by atoms with Gasteiger partial charge < -0.3 is 10.1 Å². The van der Waals surface area contributed by atoms with Crippen molar-refractivity contribution in [3.05, 3.63) is 45.6 Å². The van der Waals surface area contributed by atoms with Gasteiger partial charge in [0.15, 0.2) is 0 Å². The van der Waals surface area contributed by atoms with Gasteiger partial charge in [-0.25, -0.2) is 9.67 Å². The van der Waals surface area contributed by atoms with Crippen LogP contribution in [0.4, 0.5) is 0 Å². The summed E-state index contributed by atoms with van der Waals surface area (Å²) in [6.07, 6.45) is 0.977. The van der Waals surface area contributed by atoms with E-state index in [-0.39, 0.29) is 12.0 Å². The number of amides is 1. The number of thiazole rings is 1. The normalized spacial score (nSPS) is 11.3. The number of hydrogen-bond donors (Lipinski definition) is 1. The lowest BCUT2D eigenvalue weighted by Crippen LogP contribution is -2.25. The van der Waals surface area contributed by atoms with Crippen LogP contribution < -0.4 is 5.32 Å². The quantitative estimate of drug-likeness (QED) is 0.546. The highest BCUT2D eigenvalue weighted by atomic mass is 32.1. The first-order valence-electron chi connectivity index (χ1n) is 10.2. The predicted molar refractivity (Wildman–Crippen MR) is 119 cm³/mol. The maximum atomic E-state index is 12.6. The van der Waals surface area contributed by atoms with E-state index in [4.69, 9.17) is 4.74 Å². The highest BCUT2D eigenvalue weighted by Gasteiger charge is 2.20. The first kappa shape index (κ1) is 22.1. The third-order valence-electron chi connectivity index (χ3n) is 4.89. The Morgan fingerprint density at radius 1 is 1.20 bits per heavy atom. The lowest BCUT2D eigenvalue weighted by molar-refractivity contribution is 0.0757. The monoisotopic (exact) mass is 427 g/mol. The largest absolute Gasteiger partial charge is 0.379 e. The molecule has 0 saturated heterocycles. The molecule has 0 bridgehead atoms. The summed E-state index contributed by atoms with van der Waals surface area (Å²) in [6, 6.07) is 6.20. The SMILES string of the molecule is Cc1ccc(-n2nnc(-c3nc(C)c(C(=O)NCCCOC(C)C)s3)c2C)cc1C. The van der Waals surface area contributed by atoms with Crippen molar-refractivity contribution in [2.75, 3.05) is 13.2 Å². The highest BCUT2D eigenvalue weighted by Crippen LogP contribution is 2.29. The van der Waals surface area contributed by atoms with Crippen molar-refractivity contribution in [1.29, 1.82) is 0 Å². The molecule has 1 amide bonds. The molecule has 0 spiro atoms. The van der Waals surface area contributed by atoms with Crippen molar-refractivity contribution < 1.29 is 9.53 Å². The van der Waals surface area contributed by atoms with E-state index in [1.807, 2.05) is 38.4 Å². The molecule has 2 aromatic heterocycles. The van der Waals surface area contributed by atoms with Crippen molar-refractivity contribution >= 4 is 17.2 Å². The van der Waals surface area contributed by atoms with E-state index in [1.54, 1.807) is 0 Å². The molecule has 1 aromatic carbocycles. The standard InChI is InChI=1S/C22H29N5O2S/c1-13(2)29-11-7-10-23-21(28)20-16(5)24-22(30-20)19-17(6)27(26-25-19)18-9-8-14(3)15(4)12-18/h8-9,12-13H,7,10-11H2,1-6H3,(H,23,28). The summed E-state index contributed by atoms with van der Waals surface area (Å²) >= 11 is 1.35. The van der Waals surface area contributed by atoms with Crippen LogP contribution in [0.25, 0.3) is 16.4 Å². The number of nitrogens with zero attached hydrogens (tertiary/aromatic N) is 4. The fourth-order valence-corrected chi connectivity index (χ4v) is 4.03. The van der Waals surface area contributed by atoms with E-state index in [0.717, 1.165) is 17.8 Å². The lowest BCUT2D eigenvalue weighted by atomic mass is 10.1. The van der Waals surface area contributed by atoms with Crippen molar-refractivity contribution in [3.8, 4) is 16.4 Å². The second-order valence-electron chi connectivity index (χ2n) is 7.67. The Hall–Kier alpha value is -2.58. The van der Waals surface area contributed by atoms with Crippen LogP contribution in [0.3, 0.4) is 0 Å². The Bertz CT molecular complexity index is 1040. The lowest BCUT2D eigenvalue weighted by Gasteiger charge is -2.07. The molecule has 1 N–H and O–H groups in total. The van der Waals surface area contributed by atoms with Crippen LogP contribution in [0.1, 0.15) is 52.5 Å². The Kier molecular flexibility index (Phi) is 6.99. The molecule has 3 rings (SSSR count). The van der Waals surface area contributed by atoms with Gasteiger partial charge in [-0.2, -0.15) is 0 Å². The average Bonchev–Trinajstić information content (AvgIpc) is 3.26. The van der Waals surface area contributed by atoms with Gasteiger partial charge in [0.1, 0.15) is 15.6 Å². The van der Waals surface area contributed by atoms with Crippen molar-refractivity contribution in [2.24, 2.45) is 0 Å². The number of ether oxygens (including phenoxy) is 1. The first-order chi connectivity index (χ1) is 14.3. The van der Waals surface area contributed by atoms with Crippen molar-refractivity contribution in [2.45, 2.75) is 54.1 Å². The van der Waals surface area contributed by atoms with Gasteiger partial charge in [-0.3, -0.25) is 4.79 Å². The van der Waals surface area contributed by atoms with Gasteiger partial charge in [0, 0.05) is 13.2 Å². The fourth-order valence-electron chi connectivity index (χ4n) is 3.01. The summed E-state index contributed by atoms with van der Waals surface area (Å²) in [5.74, 6) is -0.111. The number of hydrogen-bond acceptors (Lipinski definition) is 6. The van der Waals surface area contributed by atoms with E-state index in [9.17, 15) is 4.79 Å². The van der Waals surface area contributed by atoms with E-state index in [2.05, 4.69) is 46.6 Å². The summed E-state index contributed by atoms with van der Waals surface area (Å²) in [4.78, 5) is 17.8. The van der Waals surface area contributed by atoms with Crippen LogP contribution in [-0.2, 0) is 4.74 Å². The molecule has 0 unspecified atom stereocenters. The summed E-state index contributed by atoms with van der Waals surface area (Å²) in [7, 11) is 0. The average molecular weight is 428 g/mol. The molecule has 0 radical (unpaired) electrons. The van der Waals surface area contributed by atoms with Crippen LogP contribution in [0.15, 0.2) is 18.2 Å². The van der Waals surface area contributed by atoms with Crippen LogP contribution in [0.2, 0.25) is 0 Å². The molecule has 160 valence electrons. The molecule has 30 heavy (non-hydrogen) atoms. The van der Waals surface area contributed by atoms with Gasteiger partial charge >= 0.3 is 0 Å². The third kappa shape index (κ3) is 4.94. The number of carbonyl (C=O) groups excluding carboxylic acids is 1. The molecule has 7 nitrogen and oxygen atoms in total. The Morgan fingerprint density at radius 3 is 2.67 bits per heavy atom. The van der Waals surface area contributed by atoms with Crippen LogP contribution in [-0.4, -0.2) is 45.1 Å². The molecule has 0 aliphatic rings. The van der Waals surface area contributed by atoms with Gasteiger partial charge in [-0.05, 0) is 71.2 Å². The topological polar surface area (TPSA) is 81.9 Å². The van der Waals surface area contributed by atoms with Crippen LogP contribution >= 0.6 is 11.3 Å². The second-order valence-corrected chi connectivity index (χ2v) is 8.67. The van der Waals surface area contributed by atoms with E-state index in [1.165, 1.54) is 22.5 Å². The molecule has 0 saturated carbocycles. The molecule has 0 aliphatic heterocycles. The number of rotatable bonds is 8. The molecule has 3 aromatic rings. The molecule has 2 heterocycles. The van der Waals surface area contributed by atoms with Gasteiger partial charge in [-0.1, -0.05) is 11.3 Å². The zero-order valence-electron chi connectivity index (χ0n) is 18.4. The highest BCUT2D eigenvalue weighted by molar-refractivity contribution is 7.17. The zero-order chi connectivity index (χ0) is 21.8. The van der Waals surface area contributed by atoms with Crippen LogP contribution in [0, 0.1) is 27.7 Å². The minimum absolute atomic E-state index is 0.111. The van der Waals surface area contributed by atoms with Gasteiger partial charge in [0.05, 0.1) is 23.2 Å². The zero-order valence-corrected chi connectivity index (χ0v) is 19.3. The molecular formula is C22H29N5O2S. The summed E-state index contributed by atoms with van der Waals surface area (Å²) < 4.78 is 7.31.